The normalized spacial score (nSPS) is 9.94. The highest BCUT2D eigenvalue weighted by molar-refractivity contribution is 5.80. The van der Waals surface area contributed by atoms with E-state index in [1.54, 1.807) is 0 Å². The second kappa shape index (κ2) is 11.2. The Morgan fingerprint density at radius 3 is 1.38 bits per heavy atom. The van der Waals surface area contributed by atoms with E-state index in [0.717, 1.165) is 33.4 Å². The van der Waals surface area contributed by atoms with Gasteiger partial charge in [0.2, 0.25) is 11.8 Å². The summed E-state index contributed by atoms with van der Waals surface area (Å²) in [7, 11) is 0. The fourth-order valence-corrected chi connectivity index (χ4v) is 3.28. The van der Waals surface area contributed by atoms with Crippen LogP contribution in [0.4, 0.5) is 0 Å². The number of carbonyl (C=O) groups is 2. The van der Waals surface area contributed by atoms with Crippen LogP contribution in [0.1, 0.15) is 33.4 Å². The van der Waals surface area contributed by atoms with Gasteiger partial charge in [-0.1, -0.05) is 72.5 Å². The van der Waals surface area contributed by atoms with Crippen LogP contribution in [0.25, 0.3) is 0 Å². The fourth-order valence-electron chi connectivity index (χ4n) is 3.28. The van der Waals surface area contributed by atoms with Crippen molar-refractivity contribution in [1.29, 1.82) is 0 Å². The minimum atomic E-state index is -0.0868. The molecule has 4 heteroatoms. The van der Waals surface area contributed by atoms with E-state index in [0.29, 0.717) is 13.1 Å². The van der Waals surface area contributed by atoms with Crippen molar-refractivity contribution in [3.63, 3.8) is 0 Å². The molecule has 0 aliphatic carbocycles. The van der Waals surface area contributed by atoms with Gasteiger partial charge < -0.3 is 10.6 Å². The smallest absolute Gasteiger partial charge is 0.224 e. The van der Waals surface area contributed by atoms with Crippen molar-refractivity contribution in [1.82, 2.24) is 10.6 Å². The lowest BCUT2D eigenvalue weighted by atomic mass is 10.0. The Hall–Kier alpha value is -4.28. The van der Waals surface area contributed by atoms with Gasteiger partial charge in [-0.2, -0.15) is 0 Å². The zero-order chi connectivity index (χ0) is 22.8. The van der Waals surface area contributed by atoms with Crippen LogP contribution in [0.5, 0.6) is 0 Å². The summed E-state index contributed by atoms with van der Waals surface area (Å²) in [5.74, 6) is 5.03. The number of terminal acetylenes is 2. The highest BCUT2D eigenvalue weighted by Crippen LogP contribution is 2.10. The summed E-state index contributed by atoms with van der Waals surface area (Å²) in [5.41, 5.74) is 5.09. The van der Waals surface area contributed by atoms with Gasteiger partial charge in [0.15, 0.2) is 0 Å². The molecule has 32 heavy (non-hydrogen) atoms. The Labute approximate surface area is 189 Å². The van der Waals surface area contributed by atoms with E-state index in [2.05, 4.69) is 22.5 Å². The molecule has 4 nitrogen and oxygen atoms in total. The molecule has 0 saturated heterocycles. The summed E-state index contributed by atoms with van der Waals surface area (Å²) >= 11 is 0. The summed E-state index contributed by atoms with van der Waals surface area (Å²) in [4.78, 5) is 24.5. The Balaban J connectivity index is 1.46. The molecule has 0 spiro atoms. The molecule has 0 radical (unpaired) electrons. The van der Waals surface area contributed by atoms with Gasteiger partial charge in [-0.15, -0.1) is 12.8 Å². The Kier molecular flexibility index (Phi) is 7.84. The van der Waals surface area contributed by atoms with Crippen molar-refractivity contribution in [2.24, 2.45) is 0 Å². The van der Waals surface area contributed by atoms with Gasteiger partial charge in [-0.3, -0.25) is 9.59 Å². The van der Waals surface area contributed by atoms with Crippen LogP contribution < -0.4 is 10.6 Å². The molecule has 2 N–H and O–H groups in total. The predicted octanol–water partition coefficient (Wildman–Crippen LogP) is 3.37. The van der Waals surface area contributed by atoms with Crippen molar-refractivity contribution < 1.29 is 9.59 Å². The molecular weight excluding hydrogens is 396 g/mol. The second-order valence-corrected chi connectivity index (χ2v) is 7.33. The molecule has 0 fully saturated rings. The maximum absolute atomic E-state index is 12.3. The third-order valence-corrected chi connectivity index (χ3v) is 5.05. The van der Waals surface area contributed by atoms with E-state index < -0.39 is 0 Å². The minimum absolute atomic E-state index is 0.0868. The molecule has 0 saturated carbocycles. The maximum Gasteiger partial charge on any atom is 0.224 e. The van der Waals surface area contributed by atoms with E-state index in [-0.39, 0.29) is 24.7 Å². The Morgan fingerprint density at radius 1 is 0.625 bits per heavy atom. The van der Waals surface area contributed by atoms with Gasteiger partial charge >= 0.3 is 0 Å². The van der Waals surface area contributed by atoms with E-state index >= 15 is 0 Å². The molecule has 3 aromatic carbocycles. The van der Waals surface area contributed by atoms with Crippen LogP contribution >= 0.6 is 0 Å². The zero-order valence-electron chi connectivity index (χ0n) is 17.7. The average Bonchev–Trinajstić information content (AvgIpc) is 2.83. The third kappa shape index (κ3) is 6.36. The number of benzene rings is 3. The summed E-state index contributed by atoms with van der Waals surface area (Å²) < 4.78 is 0. The first-order chi connectivity index (χ1) is 15.6. The molecule has 0 aliphatic heterocycles. The van der Waals surface area contributed by atoms with Crippen LogP contribution in [-0.4, -0.2) is 11.8 Å². The van der Waals surface area contributed by atoms with Crippen LogP contribution in [0.3, 0.4) is 0 Å². The monoisotopic (exact) mass is 420 g/mol. The summed E-state index contributed by atoms with van der Waals surface area (Å²) in [5, 5.41) is 5.83. The van der Waals surface area contributed by atoms with Gasteiger partial charge in [0.25, 0.3) is 0 Å². The summed E-state index contributed by atoms with van der Waals surface area (Å²) in [6.07, 6.45) is 11.5. The topological polar surface area (TPSA) is 58.2 Å². The van der Waals surface area contributed by atoms with E-state index in [1.165, 1.54) is 0 Å². The largest absolute Gasteiger partial charge is 0.352 e. The number of hydrogen-bond donors (Lipinski definition) is 2. The molecule has 3 rings (SSSR count). The van der Waals surface area contributed by atoms with Crippen LogP contribution in [0.15, 0.2) is 72.8 Å². The molecule has 158 valence electrons. The summed E-state index contributed by atoms with van der Waals surface area (Å²) in [6, 6.07) is 22.6. The number of rotatable bonds is 8. The lowest BCUT2D eigenvalue weighted by Crippen LogP contribution is -2.25. The lowest BCUT2D eigenvalue weighted by Gasteiger charge is -2.09. The lowest BCUT2D eigenvalue weighted by molar-refractivity contribution is -0.121. The molecule has 0 bridgehead atoms. The SMILES string of the molecule is C#Cc1ccccc1CC(=O)NCc1ccc(CNC(=O)Cc2ccccc2C#C)cc1. The Bertz CT molecular complexity index is 1090. The number of amides is 2. The van der Waals surface area contributed by atoms with Crippen LogP contribution in [0.2, 0.25) is 0 Å². The first-order valence-electron chi connectivity index (χ1n) is 10.3. The average molecular weight is 421 g/mol. The van der Waals surface area contributed by atoms with Gasteiger partial charge in [0.05, 0.1) is 12.8 Å². The van der Waals surface area contributed by atoms with Gasteiger partial charge in [-0.05, 0) is 34.4 Å². The number of carbonyl (C=O) groups excluding carboxylic acids is 2. The molecule has 0 aliphatic rings. The molecule has 2 amide bonds. The van der Waals surface area contributed by atoms with Crippen LogP contribution in [-0.2, 0) is 35.5 Å². The van der Waals surface area contributed by atoms with Crippen molar-refractivity contribution in [3.8, 4) is 24.7 Å². The first-order valence-corrected chi connectivity index (χ1v) is 10.3. The highest BCUT2D eigenvalue weighted by Gasteiger charge is 2.08. The number of hydrogen-bond acceptors (Lipinski definition) is 2. The second-order valence-electron chi connectivity index (χ2n) is 7.33. The zero-order valence-corrected chi connectivity index (χ0v) is 17.7. The van der Waals surface area contributed by atoms with Crippen molar-refractivity contribution >= 4 is 11.8 Å². The van der Waals surface area contributed by atoms with E-state index in [9.17, 15) is 9.59 Å². The molecular formula is C28H24N2O2. The molecule has 0 heterocycles. The highest BCUT2D eigenvalue weighted by atomic mass is 16.2. The van der Waals surface area contributed by atoms with Crippen LogP contribution in [0, 0.1) is 24.7 Å². The summed E-state index contributed by atoms with van der Waals surface area (Å²) in [6.45, 7) is 0.846. The predicted molar refractivity (Wildman–Crippen MR) is 126 cm³/mol. The van der Waals surface area contributed by atoms with Crippen molar-refractivity contribution in [2.75, 3.05) is 0 Å². The number of nitrogens with one attached hydrogen (secondary N) is 2. The maximum atomic E-state index is 12.3. The quantitative estimate of drug-likeness (QED) is 0.549. The molecule has 0 atom stereocenters. The van der Waals surface area contributed by atoms with E-state index in [4.69, 9.17) is 12.8 Å². The Morgan fingerprint density at radius 2 is 1.00 bits per heavy atom. The standard InChI is InChI=1S/C28H24N2O2/c1-3-23-9-5-7-11-25(23)17-27(31)29-19-21-13-15-22(16-14-21)20-30-28(32)18-26-12-8-6-10-24(26)4-2/h1-2,5-16H,17-20H2,(H,29,31)(H,30,32). The molecule has 0 aromatic heterocycles. The van der Waals surface area contributed by atoms with Gasteiger partial charge in [0, 0.05) is 24.2 Å². The third-order valence-electron chi connectivity index (χ3n) is 5.05. The van der Waals surface area contributed by atoms with Gasteiger partial charge in [-0.25, -0.2) is 0 Å². The minimum Gasteiger partial charge on any atom is -0.352 e. The fraction of sp³-hybridized carbons (Fsp3) is 0.143. The van der Waals surface area contributed by atoms with E-state index in [1.807, 2.05) is 72.8 Å². The van der Waals surface area contributed by atoms with Crippen molar-refractivity contribution in [3.05, 3.63) is 106 Å². The molecule has 0 unspecified atom stereocenters. The molecule has 3 aromatic rings. The van der Waals surface area contributed by atoms with Gasteiger partial charge in [0.1, 0.15) is 0 Å². The van der Waals surface area contributed by atoms with Crippen molar-refractivity contribution in [2.45, 2.75) is 25.9 Å². The first kappa shape index (κ1) is 22.4.